The van der Waals surface area contributed by atoms with Crippen LogP contribution in [0, 0.1) is 0 Å². The molecule has 0 saturated heterocycles. The third kappa shape index (κ3) is 4.34. The van der Waals surface area contributed by atoms with Crippen molar-refractivity contribution in [3.8, 4) is 0 Å². The van der Waals surface area contributed by atoms with Gasteiger partial charge in [-0.25, -0.2) is 0 Å². The normalized spacial score (nSPS) is 21.4. The van der Waals surface area contributed by atoms with Gasteiger partial charge in [0, 0.05) is 11.3 Å². The molecule has 16 heavy (non-hydrogen) atoms. The monoisotopic (exact) mass is 244 g/mol. The summed E-state index contributed by atoms with van der Waals surface area (Å²) in [6.07, 6.45) is 4.37. The molecule has 3 nitrogen and oxygen atoms in total. The van der Waals surface area contributed by atoms with Gasteiger partial charge in [-0.2, -0.15) is 11.8 Å². The van der Waals surface area contributed by atoms with Gasteiger partial charge in [0.25, 0.3) is 0 Å². The van der Waals surface area contributed by atoms with Crippen LogP contribution in [0.15, 0.2) is 0 Å². The zero-order valence-electron chi connectivity index (χ0n) is 10.6. The summed E-state index contributed by atoms with van der Waals surface area (Å²) in [6.45, 7) is 6.35. The fraction of sp³-hybridized carbons (Fsp3) is 0.917. The van der Waals surface area contributed by atoms with Crippen molar-refractivity contribution in [2.45, 2.75) is 63.3 Å². The largest absolute Gasteiger partial charge is 0.368 e. The summed E-state index contributed by atoms with van der Waals surface area (Å²) >= 11 is 1.92. The van der Waals surface area contributed by atoms with E-state index in [-0.39, 0.29) is 5.91 Å². The topological polar surface area (TPSA) is 55.1 Å². The minimum absolute atomic E-state index is 0.218. The van der Waals surface area contributed by atoms with Crippen LogP contribution in [0.5, 0.6) is 0 Å². The Hall–Kier alpha value is -0.220. The molecular weight excluding hydrogens is 220 g/mol. The number of amides is 1. The summed E-state index contributed by atoms with van der Waals surface area (Å²) in [5.41, 5.74) is 4.97. The van der Waals surface area contributed by atoms with E-state index in [0.29, 0.717) is 11.3 Å². The lowest BCUT2D eigenvalue weighted by Gasteiger charge is -2.28. The van der Waals surface area contributed by atoms with Crippen molar-refractivity contribution in [2.75, 3.05) is 5.75 Å². The molecule has 0 aromatic heterocycles. The Bertz CT molecular complexity index is 243. The van der Waals surface area contributed by atoms with Crippen LogP contribution in [-0.2, 0) is 4.79 Å². The number of nitrogens with one attached hydrogen (secondary N) is 1. The van der Waals surface area contributed by atoms with Crippen molar-refractivity contribution in [1.29, 1.82) is 0 Å². The van der Waals surface area contributed by atoms with Crippen molar-refractivity contribution in [1.82, 2.24) is 5.32 Å². The Kier molecular flexibility index (Phi) is 5.12. The minimum Gasteiger partial charge on any atom is -0.368 e. The van der Waals surface area contributed by atoms with Gasteiger partial charge in [0.2, 0.25) is 5.91 Å². The molecule has 1 fully saturated rings. The van der Waals surface area contributed by atoms with Crippen molar-refractivity contribution in [3.05, 3.63) is 0 Å². The predicted molar refractivity (Wildman–Crippen MR) is 70.6 cm³/mol. The summed E-state index contributed by atoms with van der Waals surface area (Å²) in [4.78, 5) is 11.5. The zero-order chi connectivity index (χ0) is 12.2. The number of primary amides is 1. The SMILES string of the molecule is CCC(C)SCCC(C)(NC1CC1)C(N)=O. The van der Waals surface area contributed by atoms with Gasteiger partial charge < -0.3 is 11.1 Å². The average molecular weight is 244 g/mol. The second-order valence-electron chi connectivity index (χ2n) is 4.95. The lowest BCUT2D eigenvalue weighted by atomic mass is 9.98. The standard InChI is InChI=1S/C12H24N2OS/c1-4-9(2)16-8-7-12(3,11(13)15)14-10-5-6-10/h9-10,14H,4-8H2,1-3H3,(H2,13,15). The van der Waals surface area contributed by atoms with Gasteiger partial charge in [-0.1, -0.05) is 13.8 Å². The highest BCUT2D eigenvalue weighted by molar-refractivity contribution is 7.99. The maximum atomic E-state index is 11.5. The Morgan fingerprint density at radius 1 is 1.62 bits per heavy atom. The van der Waals surface area contributed by atoms with E-state index in [1.807, 2.05) is 18.7 Å². The highest BCUT2D eigenvalue weighted by Crippen LogP contribution is 2.25. The molecule has 0 aromatic rings. The fourth-order valence-electron chi connectivity index (χ4n) is 1.53. The second kappa shape index (κ2) is 5.92. The van der Waals surface area contributed by atoms with Crippen molar-refractivity contribution in [2.24, 2.45) is 5.73 Å². The molecule has 1 saturated carbocycles. The molecule has 3 N–H and O–H groups in total. The molecule has 1 rings (SSSR count). The van der Waals surface area contributed by atoms with Gasteiger partial charge in [0.05, 0.1) is 5.54 Å². The molecule has 1 aliphatic carbocycles. The predicted octanol–water partition coefficient (Wildman–Crippen LogP) is 1.90. The summed E-state index contributed by atoms with van der Waals surface area (Å²) in [5, 5.41) is 4.04. The van der Waals surface area contributed by atoms with Crippen LogP contribution < -0.4 is 11.1 Å². The first kappa shape index (κ1) is 13.8. The van der Waals surface area contributed by atoms with Crippen molar-refractivity contribution in [3.63, 3.8) is 0 Å². The second-order valence-corrected chi connectivity index (χ2v) is 6.50. The van der Waals surface area contributed by atoms with Crippen LogP contribution in [0.3, 0.4) is 0 Å². The molecule has 0 radical (unpaired) electrons. The summed E-state index contributed by atoms with van der Waals surface area (Å²) < 4.78 is 0. The fourth-order valence-corrected chi connectivity index (χ4v) is 2.69. The summed E-state index contributed by atoms with van der Waals surface area (Å²) in [7, 11) is 0. The first-order valence-electron chi connectivity index (χ1n) is 6.17. The third-order valence-electron chi connectivity index (χ3n) is 3.22. The highest BCUT2D eigenvalue weighted by atomic mass is 32.2. The molecule has 1 amide bonds. The molecule has 2 unspecified atom stereocenters. The van der Waals surface area contributed by atoms with Crippen LogP contribution >= 0.6 is 11.8 Å². The lowest BCUT2D eigenvalue weighted by Crippen LogP contribution is -2.54. The Balaban J connectivity index is 2.34. The minimum atomic E-state index is -0.512. The van der Waals surface area contributed by atoms with E-state index in [0.717, 1.165) is 12.2 Å². The molecule has 0 heterocycles. The van der Waals surface area contributed by atoms with Crippen molar-refractivity contribution < 1.29 is 4.79 Å². The summed E-state index contributed by atoms with van der Waals surface area (Å²) in [6, 6.07) is 0.520. The van der Waals surface area contributed by atoms with E-state index >= 15 is 0 Å². The number of nitrogens with two attached hydrogens (primary N) is 1. The Morgan fingerprint density at radius 2 is 2.25 bits per heavy atom. The van der Waals surface area contributed by atoms with Crippen LogP contribution in [0.4, 0.5) is 0 Å². The average Bonchev–Trinajstić information content (AvgIpc) is 3.01. The Labute approximate surface area is 103 Å². The lowest BCUT2D eigenvalue weighted by molar-refractivity contribution is -0.124. The number of hydrogen-bond donors (Lipinski definition) is 2. The molecular formula is C12H24N2OS. The van der Waals surface area contributed by atoms with Crippen molar-refractivity contribution >= 4 is 17.7 Å². The molecule has 1 aliphatic rings. The number of carbonyl (C=O) groups excluding carboxylic acids is 1. The maximum absolute atomic E-state index is 11.5. The summed E-state index contributed by atoms with van der Waals surface area (Å²) in [5.74, 6) is 0.776. The number of rotatable bonds is 8. The molecule has 0 spiro atoms. The van der Waals surface area contributed by atoms with E-state index in [1.54, 1.807) is 0 Å². The first-order valence-corrected chi connectivity index (χ1v) is 7.22. The number of thioether (sulfide) groups is 1. The third-order valence-corrected chi connectivity index (χ3v) is 4.57. The molecule has 2 atom stereocenters. The van der Waals surface area contributed by atoms with E-state index in [4.69, 9.17) is 5.73 Å². The zero-order valence-corrected chi connectivity index (χ0v) is 11.4. The van der Waals surface area contributed by atoms with E-state index in [2.05, 4.69) is 19.2 Å². The molecule has 0 aromatic carbocycles. The van der Waals surface area contributed by atoms with E-state index in [1.165, 1.54) is 19.3 Å². The van der Waals surface area contributed by atoms with Gasteiger partial charge in [-0.3, -0.25) is 4.79 Å². The molecule has 0 bridgehead atoms. The molecule has 0 aliphatic heterocycles. The Morgan fingerprint density at radius 3 is 2.69 bits per heavy atom. The van der Waals surface area contributed by atoms with Gasteiger partial charge in [0.15, 0.2) is 0 Å². The quantitative estimate of drug-likeness (QED) is 0.686. The van der Waals surface area contributed by atoms with Gasteiger partial charge in [-0.15, -0.1) is 0 Å². The molecule has 94 valence electrons. The first-order chi connectivity index (χ1) is 7.48. The number of carbonyl (C=O) groups is 1. The van der Waals surface area contributed by atoms with Gasteiger partial charge >= 0.3 is 0 Å². The molecule has 4 heteroatoms. The van der Waals surface area contributed by atoms with Crippen LogP contribution in [0.2, 0.25) is 0 Å². The van der Waals surface area contributed by atoms with E-state index in [9.17, 15) is 4.79 Å². The highest BCUT2D eigenvalue weighted by Gasteiger charge is 2.36. The maximum Gasteiger partial charge on any atom is 0.237 e. The smallest absolute Gasteiger partial charge is 0.237 e. The van der Waals surface area contributed by atoms with Crippen LogP contribution in [0.25, 0.3) is 0 Å². The van der Waals surface area contributed by atoms with Gasteiger partial charge in [-0.05, 0) is 38.4 Å². The van der Waals surface area contributed by atoms with Gasteiger partial charge in [0.1, 0.15) is 0 Å². The van der Waals surface area contributed by atoms with Crippen LogP contribution in [-0.4, -0.2) is 28.5 Å². The number of hydrogen-bond acceptors (Lipinski definition) is 3. The van der Waals surface area contributed by atoms with Crippen LogP contribution in [0.1, 0.15) is 46.5 Å². The van der Waals surface area contributed by atoms with E-state index < -0.39 is 5.54 Å².